The van der Waals surface area contributed by atoms with Crippen molar-refractivity contribution in [3.05, 3.63) is 35.6 Å². The molecule has 0 fully saturated rings. The summed E-state index contributed by atoms with van der Waals surface area (Å²) in [4.78, 5) is 0. The van der Waals surface area contributed by atoms with Crippen LogP contribution >= 0.6 is 0 Å². The van der Waals surface area contributed by atoms with E-state index in [9.17, 15) is 4.39 Å². The molecule has 1 nitrogen and oxygen atoms in total. The van der Waals surface area contributed by atoms with Crippen molar-refractivity contribution in [3.8, 4) is 0 Å². The Bertz CT molecular complexity index is 285. The van der Waals surface area contributed by atoms with Crippen molar-refractivity contribution in [2.45, 2.75) is 6.54 Å². The van der Waals surface area contributed by atoms with Gasteiger partial charge in [-0.3, -0.25) is 0 Å². The van der Waals surface area contributed by atoms with Crippen molar-refractivity contribution in [1.29, 1.82) is 0 Å². The van der Waals surface area contributed by atoms with Crippen molar-refractivity contribution < 1.29 is 8.50 Å². The number of hydrogen-bond acceptors (Lipinski definition) is 1. The van der Waals surface area contributed by atoms with Gasteiger partial charge in [-0.15, -0.1) is 0 Å². The molecular weight excluding hydrogens is 129 g/mol. The number of benzene rings is 1. The Balaban J connectivity index is 2.60. The first kappa shape index (κ1) is 4.09. The van der Waals surface area contributed by atoms with Crippen LogP contribution in [0.15, 0.2) is 24.3 Å². The van der Waals surface area contributed by atoms with Gasteiger partial charge in [0.05, 0.1) is 0 Å². The van der Waals surface area contributed by atoms with E-state index in [0.29, 0.717) is 5.56 Å². The molecule has 0 unspecified atom stereocenters. The van der Waals surface area contributed by atoms with Gasteiger partial charge >= 0.3 is 0 Å². The predicted octanol–water partition coefficient (Wildman–Crippen LogP) is 1.55. The molecule has 0 bridgehead atoms. The molecule has 0 heterocycles. The summed E-state index contributed by atoms with van der Waals surface area (Å²) in [6, 6.07) is 6.08. The minimum Gasteiger partial charge on any atom is -0.316 e. The molecular formula is C8H10FN. The monoisotopic (exact) mass is 142 g/mol. The molecule has 0 amide bonds. The lowest BCUT2D eigenvalue weighted by atomic mass is 10.2. The highest BCUT2D eigenvalue weighted by atomic mass is 19.1. The summed E-state index contributed by atoms with van der Waals surface area (Å²) < 4.78 is 33.5. The highest BCUT2D eigenvalue weighted by Gasteiger charge is 1.95. The lowest BCUT2D eigenvalue weighted by molar-refractivity contribution is 0.601. The smallest absolute Gasteiger partial charge is 0.127 e. The van der Waals surface area contributed by atoms with Gasteiger partial charge in [0.1, 0.15) is 5.82 Å². The average Bonchev–Trinajstić information content (AvgIpc) is 2.01. The first-order valence-corrected chi connectivity index (χ1v) is 2.97. The third-order valence-electron chi connectivity index (χ3n) is 1.24. The fourth-order valence-corrected chi connectivity index (χ4v) is 0.737. The molecule has 0 spiro atoms. The molecule has 1 aromatic carbocycles. The first-order valence-electron chi connectivity index (χ1n) is 4.47. The maximum Gasteiger partial charge on any atom is 0.127 e. The highest BCUT2D eigenvalue weighted by Crippen LogP contribution is 2.04. The SMILES string of the molecule is [2H]C([2H])([2H])NCc1ccccc1F. The standard InChI is InChI=1S/C8H10FN/c1-10-6-7-4-2-3-5-8(7)9/h2-5,10H,6H2,1H3/i1D3. The van der Waals surface area contributed by atoms with Crippen LogP contribution < -0.4 is 5.32 Å². The van der Waals surface area contributed by atoms with Crippen LogP contribution in [0.25, 0.3) is 0 Å². The fraction of sp³-hybridized carbons (Fsp3) is 0.250. The molecule has 0 saturated heterocycles. The molecule has 2 heteroatoms. The van der Waals surface area contributed by atoms with Crippen LogP contribution in [0.2, 0.25) is 0 Å². The Morgan fingerprint density at radius 3 is 3.10 bits per heavy atom. The van der Waals surface area contributed by atoms with E-state index < -0.39 is 6.98 Å². The van der Waals surface area contributed by atoms with Crippen molar-refractivity contribution >= 4 is 0 Å². The zero-order chi connectivity index (χ0) is 9.90. The maximum atomic E-state index is 12.9. The largest absolute Gasteiger partial charge is 0.316 e. The molecule has 0 radical (unpaired) electrons. The summed E-state index contributed by atoms with van der Waals surface area (Å²) >= 11 is 0. The van der Waals surface area contributed by atoms with Crippen LogP contribution in [0.1, 0.15) is 9.68 Å². The number of nitrogens with one attached hydrogen (secondary N) is 1. The first-order chi connectivity index (χ1) is 5.99. The Kier molecular flexibility index (Phi) is 1.36. The molecule has 54 valence electrons. The summed E-state index contributed by atoms with van der Waals surface area (Å²) in [6.45, 7) is -2.20. The second-order valence-electron chi connectivity index (χ2n) is 1.94. The molecule has 10 heavy (non-hydrogen) atoms. The van der Waals surface area contributed by atoms with E-state index in [2.05, 4.69) is 5.32 Å². The van der Waals surface area contributed by atoms with E-state index in [1.54, 1.807) is 18.2 Å². The summed E-state index contributed by atoms with van der Waals surface area (Å²) in [7, 11) is 0. The van der Waals surface area contributed by atoms with E-state index in [4.69, 9.17) is 4.11 Å². The van der Waals surface area contributed by atoms with E-state index >= 15 is 0 Å². The van der Waals surface area contributed by atoms with E-state index in [1.807, 2.05) is 0 Å². The van der Waals surface area contributed by atoms with Gasteiger partial charge in [0.15, 0.2) is 0 Å². The molecule has 1 N–H and O–H groups in total. The quantitative estimate of drug-likeness (QED) is 0.660. The average molecular weight is 142 g/mol. The number of halogens is 1. The predicted molar refractivity (Wildman–Crippen MR) is 39.2 cm³/mol. The lowest BCUT2D eigenvalue weighted by Gasteiger charge is -1.99. The van der Waals surface area contributed by atoms with Gasteiger partial charge in [0.25, 0.3) is 0 Å². The van der Waals surface area contributed by atoms with Crippen LogP contribution in [0.4, 0.5) is 4.39 Å². The zero-order valence-corrected chi connectivity index (χ0v) is 5.39. The molecule has 0 aliphatic rings. The van der Waals surface area contributed by atoms with E-state index in [1.165, 1.54) is 6.07 Å². The third-order valence-corrected chi connectivity index (χ3v) is 1.24. The summed E-state index contributed by atoms with van der Waals surface area (Å²) in [5, 5.41) is 2.24. The van der Waals surface area contributed by atoms with Gasteiger partial charge in [-0.2, -0.15) is 0 Å². The van der Waals surface area contributed by atoms with Crippen molar-refractivity contribution in [1.82, 2.24) is 5.32 Å². The Morgan fingerprint density at radius 2 is 2.40 bits per heavy atom. The maximum absolute atomic E-state index is 12.9. The van der Waals surface area contributed by atoms with E-state index in [0.717, 1.165) is 0 Å². The lowest BCUT2D eigenvalue weighted by Crippen LogP contribution is -2.06. The fourth-order valence-electron chi connectivity index (χ4n) is 0.737. The number of rotatable bonds is 2. The van der Waals surface area contributed by atoms with Gasteiger partial charge in [0, 0.05) is 16.2 Å². The van der Waals surface area contributed by atoms with Gasteiger partial charge in [-0.25, -0.2) is 4.39 Å². The molecule has 0 aliphatic carbocycles. The molecule has 1 aromatic rings. The summed E-state index contributed by atoms with van der Waals surface area (Å²) in [5.41, 5.74) is 0.360. The van der Waals surface area contributed by atoms with Gasteiger partial charge in [-0.05, 0) is 13.0 Å². The van der Waals surface area contributed by atoms with Gasteiger partial charge in [-0.1, -0.05) is 18.2 Å². The van der Waals surface area contributed by atoms with Gasteiger partial charge in [0.2, 0.25) is 0 Å². The van der Waals surface area contributed by atoms with Crippen LogP contribution in [0.5, 0.6) is 0 Å². The van der Waals surface area contributed by atoms with Gasteiger partial charge < -0.3 is 5.32 Å². The topological polar surface area (TPSA) is 12.0 Å². The number of hydrogen-bond donors (Lipinski definition) is 1. The van der Waals surface area contributed by atoms with E-state index in [-0.39, 0.29) is 12.4 Å². The minimum absolute atomic E-state index is 0.0170. The van der Waals surface area contributed by atoms with Crippen molar-refractivity contribution in [2.24, 2.45) is 0 Å². The normalized spacial score (nSPS) is 15.5. The second kappa shape index (κ2) is 3.32. The van der Waals surface area contributed by atoms with Crippen LogP contribution in [0.3, 0.4) is 0 Å². The van der Waals surface area contributed by atoms with Crippen LogP contribution in [-0.4, -0.2) is 6.98 Å². The molecule has 0 aliphatic heterocycles. The Hall–Kier alpha value is -0.890. The molecule has 1 rings (SSSR count). The molecule has 0 aromatic heterocycles. The summed E-state index contributed by atoms with van der Waals surface area (Å²) in [5.74, 6) is -0.390. The summed E-state index contributed by atoms with van der Waals surface area (Å²) in [6.07, 6.45) is 0. The van der Waals surface area contributed by atoms with Crippen LogP contribution in [0, 0.1) is 5.82 Å². The Morgan fingerprint density at radius 1 is 1.60 bits per heavy atom. The molecule has 0 saturated carbocycles. The van der Waals surface area contributed by atoms with Crippen molar-refractivity contribution in [2.75, 3.05) is 6.98 Å². The molecule has 0 atom stereocenters. The Labute approximate surface area is 64.1 Å². The zero-order valence-electron chi connectivity index (χ0n) is 8.39. The third kappa shape index (κ3) is 1.54. The van der Waals surface area contributed by atoms with Crippen molar-refractivity contribution in [3.63, 3.8) is 0 Å². The second-order valence-corrected chi connectivity index (χ2v) is 1.94. The minimum atomic E-state index is -2.22. The highest BCUT2D eigenvalue weighted by molar-refractivity contribution is 5.16. The van der Waals surface area contributed by atoms with Crippen LogP contribution in [-0.2, 0) is 6.54 Å².